The fourth-order valence-electron chi connectivity index (χ4n) is 3.51. The molecule has 1 unspecified atom stereocenters. The molecule has 0 aliphatic heterocycles. The van der Waals surface area contributed by atoms with Crippen LogP contribution >= 0.6 is 7.60 Å². The second kappa shape index (κ2) is 18.5. The van der Waals surface area contributed by atoms with Crippen LogP contribution in [-0.2, 0) is 4.57 Å². The average molecular weight is 391 g/mol. The van der Waals surface area contributed by atoms with Gasteiger partial charge in [-0.15, -0.1) is 0 Å². The highest BCUT2D eigenvalue weighted by Crippen LogP contribution is 2.43. The predicted octanol–water partition coefficient (Wildman–Crippen LogP) is 7.98. The molecule has 0 aliphatic carbocycles. The van der Waals surface area contributed by atoms with Crippen molar-refractivity contribution in [1.29, 1.82) is 0 Å². The first-order chi connectivity index (χ1) is 12.5. The minimum absolute atomic E-state index is 0.469. The van der Waals surface area contributed by atoms with Crippen molar-refractivity contribution >= 4 is 7.60 Å². The summed E-state index contributed by atoms with van der Waals surface area (Å²) in [4.78, 5) is 18.1. The Hall–Kier alpha value is 0.150. The van der Waals surface area contributed by atoms with Gasteiger partial charge in [0, 0.05) is 0 Å². The minimum Gasteiger partial charge on any atom is -0.324 e. The van der Waals surface area contributed by atoms with Crippen LogP contribution in [0, 0.1) is 0 Å². The zero-order valence-electron chi connectivity index (χ0n) is 17.8. The van der Waals surface area contributed by atoms with Crippen molar-refractivity contribution in [3.8, 4) is 0 Å². The Morgan fingerprint density at radius 1 is 0.577 bits per heavy atom. The monoisotopic (exact) mass is 390 g/mol. The van der Waals surface area contributed by atoms with E-state index in [0.29, 0.717) is 6.42 Å². The highest BCUT2D eigenvalue weighted by atomic mass is 31.2. The van der Waals surface area contributed by atoms with Gasteiger partial charge in [-0.2, -0.15) is 0 Å². The average Bonchev–Trinajstić information content (AvgIpc) is 2.59. The van der Waals surface area contributed by atoms with Crippen LogP contribution in [0.25, 0.3) is 0 Å². The molecule has 0 spiro atoms. The molecule has 0 aromatic rings. The normalized spacial score (nSPS) is 13.2. The van der Waals surface area contributed by atoms with Crippen LogP contribution in [0.4, 0.5) is 0 Å². The summed E-state index contributed by atoms with van der Waals surface area (Å²) in [6, 6.07) is 0. The lowest BCUT2D eigenvalue weighted by atomic mass is 10.0. The van der Waals surface area contributed by atoms with Crippen molar-refractivity contribution < 1.29 is 14.4 Å². The first-order valence-electron chi connectivity index (χ1n) is 11.5. The van der Waals surface area contributed by atoms with Crippen LogP contribution < -0.4 is 0 Å². The summed E-state index contributed by atoms with van der Waals surface area (Å²) in [5.41, 5.74) is -0.469. The molecular weight excluding hydrogens is 343 g/mol. The SMILES string of the molecule is CCCCCCCCCCCCCCCCCCCCC(C)P(=O)(O)O. The minimum atomic E-state index is -3.85. The molecule has 0 radical (unpaired) electrons. The van der Waals surface area contributed by atoms with E-state index in [4.69, 9.17) is 9.79 Å². The molecule has 0 aliphatic rings. The van der Waals surface area contributed by atoms with Gasteiger partial charge < -0.3 is 9.79 Å². The molecule has 0 heterocycles. The molecule has 0 rings (SSSR count). The third kappa shape index (κ3) is 18.9. The van der Waals surface area contributed by atoms with Gasteiger partial charge in [0.05, 0.1) is 5.66 Å². The van der Waals surface area contributed by atoms with Gasteiger partial charge in [0.1, 0.15) is 0 Å². The Morgan fingerprint density at radius 2 is 0.846 bits per heavy atom. The van der Waals surface area contributed by atoms with E-state index < -0.39 is 13.3 Å². The van der Waals surface area contributed by atoms with Crippen LogP contribution in [0.1, 0.15) is 136 Å². The van der Waals surface area contributed by atoms with Gasteiger partial charge >= 0.3 is 7.60 Å². The molecule has 0 aromatic carbocycles. The molecule has 1 atom stereocenters. The van der Waals surface area contributed by atoms with Gasteiger partial charge in [0.2, 0.25) is 0 Å². The van der Waals surface area contributed by atoms with E-state index in [1.165, 1.54) is 103 Å². The lowest BCUT2D eigenvalue weighted by Gasteiger charge is -2.12. The van der Waals surface area contributed by atoms with Crippen molar-refractivity contribution in [2.24, 2.45) is 0 Å². The fraction of sp³-hybridized carbons (Fsp3) is 1.00. The first kappa shape index (κ1) is 26.1. The van der Waals surface area contributed by atoms with E-state index in [2.05, 4.69) is 6.92 Å². The number of unbranched alkanes of at least 4 members (excludes halogenated alkanes) is 17. The third-order valence-electron chi connectivity index (χ3n) is 5.55. The van der Waals surface area contributed by atoms with Crippen LogP contribution in [0.15, 0.2) is 0 Å². The zero-order valence-corrected chi connectivity index (χ0v) is 18.7. The third-order valence-corrected chi connectivity index (χ3v) is 6.96. The molecule has 158 valence electrons. The second-order valence-corrected chi connectivity index (χ2v) is 10.3. The molecule has 3 nitrogen and oxygen atoms in total. The largest absolute Gasteiger partial charge is 0.328 e. The smallest absolute Gasteiger partial charge is 0.324 e. The predicted molar refractivity (Wildman–Crippen MR) is 115 cm³/mol. The fourth-order valence-corrected chi connectivity index (χ4v) is 4.03. The summed E-state index contributed by atoms with van der Waals surface area (Å²) in [7, 11) is -3.85. The van der Waals surface area contributed by atoms with Crippen molar-refractivity contribution in [2.45, 2.75) is 142 Å². The van der Waals surface area contributed by atoms with Crippen LogP contribution in [0.2, 0.25) is 0 Å². The summed E-state index contributed by atoms with van der Waals surface area (Å²) in [6.07, 6.45) is 24.9. The van der Waals surface area contributed by atoms with Crippen molar-refractivity contribution in [3.05, 3.63) is 0 Å². The summed E-state index contributed by atoms with van der Waals surface area (Å²) in [5.74, 6) is 0. The maximum atomic E-state index is 11.0. The maximum absolute atomic E-state index is 11.0. The Labute approximate surface area is 163 Å². The Bertz CT molecular complexity index is 327. The molecule has 0 fully saturated rings. The molecular formula is C22H47O3P. The van der Waals surface area contributed by atoms with Crippen molar-refractivity contribution in [3.63, 3.8) is 0 Å². The maximum Gasteiger partial charge on any atom is 0.328 e. The van der Waals surface area contributed by atoms with E-state index in [1.807, 2.05) is 0 Å². The molecule has 26 heavy (non-hydrogen) atoms. The van der Waals surface area contributed by atoms with E-state index >= 15 is 0 Å². The second-order valence-electron chi connectivity index (χ2n) is 8.24. The van der Waals surface area contributed by atoms with Gasteiger partial charge in [0.25, 0.3) is 0 Å². The number of hydrogen-bond acceptors (Lipinski definition) is 1. The van der Waals surface area contributed by atoms with Gasteiger partial charge in [-0.25, -0.2) is 0 Å². The molecule has 2 N–H and O–H groups in total. The lowest BCUT2D eigenvalue weighted by Crippen LogP contribution is -2.02. The topological polar surface area (TPSA) is 57.5 Å². The molecule has 4 heteroatoms. The Kier molecular flexibility index (Phi) is 18.6. The number of hydrogen-bond donors (Lipinski definition) is 2. The van der Waals surface area contributed by atoms with E-state index in [-0.39, 0.29) is 0 Å². The quantitative estimate of drug-likeness (QED) is 0.164. The molecule has 0 amide bonds. The molecule has 0 bridgehead atoms. The standard InChI is InChI=1S/C22H47O3P/c1-3-4-5-6-7-8-9-10-11-12-13-14-15-16-17-18-19-20-21-22(2)26(23,24)25/h22H,3-21H2,1-2H3,(H2,23,24,25). The van der Waals surface area contributed by atoms with Crippen LogP contribution in [0.5, 0.6) is 0 Å². The molecule has 0 aromatic heterocycles. The Morgan fingerprint density at radius 3 is 1.12 bits per heavy atom. The van der Waals surface area contributed by atoms with Crippen LogP contribution in [-0.4, -0.2) is 15.4 Å². The van der Waals surface area contributed by atoms with E-state index in [0.717, 1.165) is 12.8 Å². The summed E-state index contributed by atoms with van der Waals surface area (Å²) >= 11 is 0. The highest BCUT2D eigenvalue weighted by molar-refractivity contribution is 7.52. The first-order valence-corrected chi connectivity index (χ1v) is 13.2. The summed E-state index contributed by atoms with van der Waals surface area (Å²) < 4.78 is 11.0. The van der Waals surface area contributed by atoms with Gasteiger partial charge in [-0.05, 0) is 6.42 Å². The Balaban J connectivity index is 3.10. The number of rotatable bonds is 20. The van der Waals surface area contributed by atoms with Crippen molar-refractivity contribution in [1.82, 2.24) is 0 Å². The zero-order chi connectivity index (χ0) is 19.5. The summed E-state index contributed by atoms with van der Waals surface area (Å²) in [6.45, 7) is 3.94. The van der Waals surface area contributed by atoms with Gasteiger partial charge in [0.15, 0.2) is 0 Å². The van der Waals surface area contributed by atoms with Gasteiger partial charge in [-0.3, -0.25) is 4.57 Å². The molecule has 0 saturated carbocycles. The highest BCUT2D eigenvalue weighted by Gasteiger charge is 2.22. The summed E-state index contributed by atoms with van der Waals surface area (Å²) in [5, 5.41) is 0. The van der Waals surface area contributed by atoms with E-state index in [9.17, 15) is 4.57 Å². The van der Waals surface area contributed by atoms with Crippen LogP contribution in [0.3, 0.4) is 0 Å². The van der Waals surface area contributed by atoms with Gasteiger partial charge in [-0.1, -0.05) is 129 Å². The van der Waals surface area contributed by atoms with Crippen molar-refractivity contribution in [2.75, 3.05) is 0 Å². The van der Waals surface area contributed by atoms with E-state index in [1.54, 1.807) is 6.92 Å². The lowest BCUT2D eigenvalue weighted by molar-refractivity contribution is 0.355. The molecule has 0 saturated heterocycles.